The summed E-state index contributed by atoms with van der Waals surface area (Å²) < 4.78 is 37.9. The van der Waals surface area contributed by atoms with E-state index in [0.29, 0.717) is 5.52 Å². The van der Waals surface area contributed by atoms with E-state index in [1.807, 2.05) is 0 Å². The molecule has 3 rings (SSSR count). The summed E-state index contributed by atoms with van der Waals surface area (Å²) in [6.07, 6.45) is 2.82. The highest BCUT2D eigenvalue weighted by molar-refractivity contribution is 7.93. The Hall–Kier alpha value is -2.94. The summed E-state index contributed by atoms with van der Waals surface area (Å²) in [5.74, 6) is 0.0543. The van der Waals surface area contributed by atoms with Crippen molar-refractivity contribution in [3.05, 3.63) is 42.7 Å². The van der Waals surface area contributed by atoms with Crippen LogP contribution in [0.3, 0.4) is 0 Å². The molecule has 9 heteroatoms. The number of anilines is 1. The molecule has 0 saturated carbocycles. The van der Waals surface area contributed by atoms with Gasteiger partial charge in [-0.1, -0.05) is 18.2 Å². The molecule has 0 aliphatic carbocycles. The molecule has 0 radical (unpaired) electrons. The molecule has 0 aliphatic rings. The normalized spacial score (nSPS) is 11.2. The van der Waals surface area contributed by atoms with Crippen LogP contribution in [-0.4, -0.2) is 37.6 Å². The molecule has 2 aromatic heterocycles. The molecule has 8 nitrogen and oxygen atoms in total. The summed E-state index contributed by atoms with van der Waals surface area (Å²) in [7, 11) is -1.13. The Morgan fingerprint density at radius 2 is 1.83 bits per heavy atom. The quantitative estimate of drug-likeness (QED) is 0.752. The van der Waals surface area contributed by atoms with Crippen molar-refractivity contribution in [2.24, 2.45) is 0 Å². The van der Waals surface area contributed by atoms with Crippen molar-refractivity contribution < 1.29 is 17.9 Å². The first kappa shape index (κ1) is 15.9. The predicted octanol–water partition coefficient (Wildman–Crippen LogP) is 1.84. The first-order chi connectivity index (χ1) is 11.5. The Morgan fingerprint density at radius 1 is 1.04 bits per heavy atom. The van der Waals surface area contributed by atoms with Gasteiger partial charge < -0.3 is 9.47 Å². The van der Waals surface area contributed by atoms with Gasteiger partial charge in [0.2, 0.25) is 5.88 Å². The summed E-state index contributed by atoms with van der Waals surface area (Å²) in [5, 5.41) is 0.721. The zero-order valence-corrected chi connectivity index (χ0v) is 13.7. The minimum atomic E-state index is -3.91. The predicted molar refractivity (Wildman–Crippen MR) is 87.7 cm³/mol. The second kappa shape index (κ2) is 6.28. The van der Waals surface area contributed by atoms with E-state index in [4.69, 9.17) is 9.47 Å². The van der Waals surface area contributed by atoms with Gasteiger partial charge in [0.25, 0.3) is 10.0 Å². The van der Waals surface area contributed by atoms with E-state index >= 15 is 0 Å². The van der Waals surface area contributed by atoms with Crippen LogP contribution < -0.4 is 14.2 Å². The highest BCUT2D eigenvalue weighted by Crippen LogP contribution is 2.27. The molecule has 0 saturated heterocycles. The fourth-order valence-corrected chi connectivity index (χ4v) is 3.39. The lowest BCUT2D eigenvalue weighted by molar-refractivity contribution is 0.353. The summed E-state index contributed by atoms with van der Waals surface area (Å²) >= 11 is 0. The molecule has 0 fully saturated rings. The Morgan fingerprint density at radius 3 is 2.58 bits per heavy atom. The van der Waals surface area contributed by atoms with Crippen LogP contribution in [-0.2, 0) is 10.0 Å². The number of benzene rings is 1. The van der Waals surface area contributed by atoms with Gasteiger partial charge in [0.15, 0.2) is 0 Å². The fourth-order valence-electron chi connectivity index (χ4n) is 2.17. The molecule has 0 amide bonds. The van der Waals surface area contributed by atoms with E-state index in [1.54, 1.807) is 30.5 Å². The van der Waals surface area contributed by atoms with Gasteiger partial charge in [0, 0.05) is 11.6 Å². The maximum absolute atomic E-state index is 12.7. The lowest BCUT2D eigenvalue weighted by Crippen LogP contribution is -2.15. The number of rotatable bonds is 5. The van der Waals surface area contributed by atoms with Crippen LogP contribution in [0.5, 0.6) is 11.9 Å². The van der Waals surface area contributed by atoms with Crippen molar-refractivity contribution in [2.45, 2.75) is 4.90 Å². The number of pyridine rings is 1. The minimum absolute atomic E-state index is 0.0541. The standard InChI is InChI=1S/C15H14N4O4S/c1-22-14-11(9-17-15(18-14)23-2)19-24(20,21)12-7-3-5-10-6-4-8-16-13(10)12/h3-9,19H,1-2H3. The first-order valence-electron chi connectivity index (χ1n) is 6.87. The second-order valence-corrected chi connectivity index (χ2v) is 6.37. The Balaban J connectivity index is 2.06. The highest BCUT2D eigenvalue weighted by Gasteiger charge is 2.21. The molecule has 3 aromatic rings. The van der Waals surface area contributed by atoms with Crippen molar-refractivity contribution in [3.8, 4) is 11.9 Å². The number of nitrogens with zero attached hydrogens (tertiary/aromatic N) is 3. The average molecular weight is 346 g/mol. The van der Waals surface area contributed by atoms with Crippen molar-refractivity contribution in [1.82, 2.24) is 15.0 Å². The second-order valence-electron chi connectivity index (χ2n) is 4.72. The maximum atomic E-state index is 12.7. The maximum Gasteiger partial charge on any atom is 0.319 e. The highest BCUT2D eigenvalue weighted by atomic mass is 32.2. The van der Waals surface area contributed by atoms with Crippen molar-refractivity contribution in [3.63, 3.8) is 0 Å². The third-order valence-corrected chi connectivity index (χ3v) is 4.63. The van der Waals surface area contributed by atoms with Crippen LogP contribution in [0.1, 0.15) is 0 Å². The van der Waals surface area contributed by atoms with Crippen molar-refractivity contribution >= 4 is 26.6 Å². The van der Waals surface area contributed by atoms with E-state index in [0.717, 1.165) is 5.39 Å². The van der Waals surface area contributed by atoms with Gasteiger partial charge in [-0.05, 0) is 12.1 Å². The van der Waals surface area contributed by atoms with Gasteiger partial charge in [0.05, 0.1) is 25.9 Å². The number of methoxy groups -OCH3 is 2. The number of hydrogen-bond acceptors (Lipinski definition) is 7. The summed E-state index contributed by atoms with van der Waals surface area (Å²) in [6.45, 7) is 0. The number of ether oxygens (including phenoxy) is 2. The third kappa shape index (κ3) is 2.93. The molecule has 0 atom stereocenters. The Kier molecular flexibility index (Phi) is 4.17. The SMILES string of the molecule is COc1ncc(NS(=O)(=O)c2cccc3cccnc23)c(OC)n1. The number of sulfonamides is 1. The van der Waals surface area contributed by atoms with Crippen LogP contribution >= 0.6 is 0 Å². The molecule has 24 heavy (non-hydrogen) atoms. The Labute approximate surface area is 138 Å². The van der Waals surface area contributed by atoms with Crippen LogP contribution in [0.15, 0.2) is 47.6 Å². The largest absolute Gasteiger partial charge is 0.479 e. The van der Waals surface area contributed by atoms with Gasteiger partial charge >= 0.3 is 6.01 Å². The first-order valence-corrected chi connectivity index (χ1v) is 8.35. The van der Waals surface area contributed by atoms with Crippen LogP contribution in [0, 0.1) is 0 Å². The number of nitrogens with one attached hydrogen (secondary N) is 1. The molecule has 0 unspecified atom stereocenters. The van der Waals surface area contributed by atoms with E-state index in [9.17, 15) is 8.42 Å². The topological polar surface area (TPSA) is 103 Å². The van der Waals surface area contributed by atoms with Crippen LogP contribution in [0.4, 0.5) is 5.69 Å². The smallest absolute Gasteiger partial charge is 0.319 e. The molecule has 1 aromatic carbocycles. The molecule has 0 aliphatic heterocycles. The summed E-state index contributed by atoms with van der Waals surface area (Å²) in [6, 6.07) is 8.53. The number of para-hydroxylation sites is 1. The van der Waals surface area contributed by atoms with Gasteiger partial charge in [0.1, 0.15) is 10.6 Å². The molecular weight excluding hydrogens is 332 g/mol. The molecule has 2 heterocycles. The summed E-state index contributed by atoms with van der Waals surface area (Å²) in [4.78, 5) is 12.1. The molecular formula is C15H14N4O4S. The fraction of sp³-hybridized carbons (Fsp3) is 0.133. The molecule has 0 spiro atoms. The number of hydrogen-bond donors (Lipinski definition) is 1. The minimum Gasteiger partial charge on any atom is -0.479 e. The lowest BCUT2D eigenvalue weighted by atomic mass is 10.2. The van der Waals surface area contributed by atoms with Crippen LogP contribution in [0.2, 0.25) is 0 Å². The lowest BCUT2D eigenvalue weighted by Gasteiger charge is -2.12. The molecule has 124 valence electrons. The van der Waals surface area contributed by atoms with E-state index in [-0.39, 0.29) is 22.5 Å². The van der Waals surface area contributed by atoms with Gasteiger partial charge in [-0.2, -0.15) is 4.98 Å². The zero-order valence-electron chi connectivity index (χ0n) is 12.9. The van der Waals surface area contributed by atoms with Gasteiger partial charge in [-0.3, -0.25) is 9.71 Å². The van der Waals surface area contributed by atoms with E-state index in [1.165, 1.54) is 26.5 Å². The summed E-state index contributed by atoms with van der Waals surface area (Å²) in [5.41, 5.74) is 0.479. The van der Waals surface area contributed by atoms with Gasteiger partial charge in [-0.15, -0.1) is 0 Å². The van der Waals surface area contributed by atoms with Crippen LogP contribution in [0.25, 0.3) is 10.9 Å². The Bertz CT molecular complexity index is 986. The van der Waals surface area contributed by atoms with Crippen molar-refractivity contribution in [2.75, 3.05) is 18.9 Å². The van der Waals surface area contributed by atoms with Crippen molar-refractivity contribution in [1.29, 1.82) is 0 Å². The average Bonchev–Trinajstić information content (AvgIpc) is 2.61. The monoisotopic (exact) mass is 346 g/mol. The molecule has 0 bridgehead atoms. The molecule has 1 N–H and O–H groups in total. The van der Waals surface area contributed by atoms with E-state index in [2.05, 4.69) is 19.7 Å². The van der Waals surface area contributed by atoms with E-state index < -0.39 is 10.0 Å². The number of aromatic nitrogens is 3. The zero-order chi connectivity index (χ0) is 17.2. The third-order valence-electron chi connectivity index (χ3n) is 3.24. The van der Waals surface area contributed by atoms with Gasteiger partial charge in [-0.25, -0.2) is 13.4 Å². The number of fused-ring (bicyclic) bond motifs is 1.